The molecule has 0 bridgehead atoms. The zero-order valence-corrected chi connectivity index (χ0v) is 7.51. The highest BCUT2D eigenvalue weighted by atomic mass is 35.5. The summed E-state index contributed by atoms with van der Waals surface area (Å²) in [6.07, 6.45) is 3.67. The van der Waals surface area contributed by atoms with Crippen LogP contribution in [0.25, 0.3) is 0 Å². The van der Waals surface area contributed by atoms with E-state index in [4.69, 9.17) is 11.8 Å². The van der Waals surface area contributed by atoms with Gasteiger partial charge < -0.3 is 4.52 Å². The van der Waals surface area contributed by atoms with Gasteiger partial charge in [0.1, 0.15) is 0 Å². The van der Waals surface area contributed by atoms with Gasteiger partial charge in [-0.05, 0) is 37.5 Å². The largest absolute Gasteiger partial charge is 0.343 e. The Morgan fingerprint density at radius 1 is 1.75 bits per heavy atom. The van der Waals surface area contributed by atoms with E-state index >= 15 is 0 Å². The average Bonchev–Trinajstić information content (AvgIpc) is 2.80. The summed E-state index contributed by atoms with van der Waals surface area (Å²) in [5.74, 6) is 1.17. The maximum atomic E-state index is 5.66. The van der Waals surface area contributed by atoms with E-state index in [-0.39, 0.29) is 5.54 Å². The smallest absolute Gasteiger partial charge is 0.213 e. The summed E-state index contributed by atoms with van der Waals surface area (Å²) < 4.78 is 4.68. The minimum atomic E-state index is -0.325. The number of nitrogens with one attached hydrogen (secondary N) is 1. The Hall–Kier alpha value is -0.610. The molecule has 66 valence electrons. The highest BCUT2D eigenvalue weighted by molar-refractivity contribution is 6.13. The third kappa shape index (κ3) is 1.11. The molecule has 1 aromatic rings. The Kier molecular flexibility index (Phi) is 1.81. The zero-order chi connectivity index (χ0) is 8.60. The molecule has 1 atom stereocenters. The molecule has 1 heterocycles. The molecule has 1 aliphatic carbocycles. The van der Waals surface area contributed by atoms with Crippen LogP contribution in [0.15, 0.2) is 10.9 Å². The maximum absolute atomic E-state index is 5.66. The van der Waals surface area contributed by atoms with Crippen LogP contribution in [0.5, 0.6) is 0 Å². The van der Waals surface area contributed by atoms with Crippen molar-refractivity contribution in [2.75, 3.05) is 0 Å². The molecule has 0 spiro atoms. The molecule has 0 aromatic carbocycles. The highest BCUT2D eigenvalue weighted by Crippen LogP contribution is 2.44. The Morgan fingerprint density at radius 3 is 2.92 bits per heavy atom. The molecule has 1 unspecified atom stereocenters. The summed E-state index contributed by atoms with van der Waals surface area (Å²) >= 11 is 5.66. The van der Waals surface area contributed by atoms with Crippen LogP contribution in [-0.2, 0) is 5.54 Å². The zero-order valence-electron chi connectivity index (χ0n) is 6.75. The van der Waals surface area contributed by atoms with Crippen molar-refractivity contribution in [3.63, 3.8) is 0 Å². The van der Waals surface area contributed by atoms with Gasteiger partial charge >= 0.3 is 0 Å². The summed E-state index contributed by atoms with van der Waals surface area (Å²) in [4.78, 5) is 6.73. The second-order valence-electron chi connectivity index (χ2n) is 3.33. The van der Waals surface area contributed by atoms with E-state index < -0.39 is 0 Å². The van der Waals surface area contributed by atoms with E-state index in [1.807, 2.05) is 6.92 Å². The molecule has 1 aliphatic rings. The van der Waals surface area contributed by atoms with E-state index in [1.165, 1.54) is 19.2 Å². The molecule has 0 aliphatic heterocycles. The van der Waals surface area contributed by atoms with Gasteiger partial charge in [0.15, 0.2) is 5.82 Å². The fourth-order valence-electron chi connectivity index (χ4n) is 1.36. The van der Waals surface area contributed by atoms with Gasteiger partial charge in [0.25, 0.3) is 0 Å². The molecule has 4 nitrogen and oxygen atoms in total. The first-order valence-electron chi connectivity index (χ1n) is 3.92. The van der Waals surface area contributed by atoms with Gasteiger partial charge in [-0.25, -0.2) is 4.84 Å². The quantitative estimate of drug-likeness (QED) is 0.728. The summed E-state index contributed by atoms with van der Waals surface area (Å²) in [7, 11) is 0. The molecule has 0 saturated heterocycles. The molecular weight excluding hydrogens is 178 g/mol. The van der Waals surface area contributed by atoms with Crippen molar-refractivity contribution >= 4 is 11.8 Å². The normalized spacial score (nSPS) is 22.2. The number of nitrogens with zero attached hydrogens (tertiary/aromatic N) is 2. The van der Waals surface area contributed by atoms with Crippen LogP contribution in [0.1, 0.15) is 25.6 Å². The van der Waals surface area contributed by atoms with Crippen LogP contribution in [0.2, 0.25) is 0 Å². The van der Waals surface area contributed by atoms with Gasteiger partial charge in [0.05, 0.1) is 5.54 Å². The number of hydrogen-bond donors (Lipinski definition) is 1. The lowest BCUT2D eigenvalue weighted by Gasteiger charge is -2.22. The first-order chi connectivity index (χ1) is 5.77. The first kappa shape index (κ1) is 8.01. The van der Waals surface area contributed by atoms with E-state index in [9.17, 15) is 0 Å². The minimum Gasteiger partial charge on any atom is -0.343 e. The number of rotatable bonds is 3. The third-order valence-electron chi connectivity index (χ3n) is 2.42. The minimum absolute atomic E-state index is 0.325. The Morgan fingerprint density at radius 2 is 2.50 bits per heavy atom. The summed E-state index contributed by atoms with van der Waals surface area (Å²) in [6.45, 7) is 1.99. The van der Waals surface area contributed by atoms with E-state index in [2.05, 4.69) is 19.5 Å². The number of halogens is 1. The van der Waals surface area contributed by atoms with Gasteiger partial charge in [0.2, 0.25) is 6.39 Å². The molecule has 5 heteroatoms. The van der Waals surface area contributed by atoms with Crippen LogP contribution < -0.4 is 4.84 Å². The fourth-order valence-corrected chi connectivity index (χ4v) is 1.60. The van der Waals surface area contributed by atoms with E-state index in [0.717, 1.165) is 0 Å². The lowest BCUT2D eigenvalue weighted by molar-refractivity contribution is 0.332. The van der Waals surface area contributed by atoms with Gasteiger partial charge in [-0.1, -0.05) is 5.16 Å². The van der Waals surface area contributed by atoms with Gasteiger partial charge in [0, 0.05) is 0 Å². The Bertz CT molecular complexity index is 260. The van der Waals surface area contributed by atoms with Crippen molar-refractivity contribution in [2.45, 2.75) is 25.3 Å². The number of aromatic nitrogens is 2. The second kappa shape index (κ2) is 2.71. The van der Waals surface area contributed by atoms with E-state index in [1.54, 1.807) is 0 Å². The molecule has 2 rings (SSSR count). The molecular formula is C7H10ClN3O. The summed E-state index contributed by atoms with van der Waals surface area (Å²) in [5, 5.41) is 3.79. The predicted octanol–water partition coefficient (Wildman–Crippen LogP) is 1.44. The summed E-state index contributed by atoms with van der Waals surface area (Å²) in [5.41, 5.74) is -0.325. The van der Waals surface area contributed by atoms with Crippen molar-refractivity contribution < 1.29 is 4.52 Å². The Balaban J connectivity index is 2.27. The standard InChI is InChI=1S/C7H10ClN3O/c1-7(11-8,5-2-3-5)6-9-4-12-10-6/h4-5,11H,2-3H2,1H3. The van der Waals surface area contributed by atoms with Crippen LogP contribution in [0, 0.1) is 5.92 Å². The van der Waals surface area contributed by atoms with Gasteiger partial charge in [-0.15, -0.1) is 0 Å². The van der Waals surface area contributed by atoms with Crippen LogP contribution >= 0.6 is 11.8 Å². The van der Waals surface area contributed by atoms with Gasteiger partial charge in [-0.3, -0.25) is 0 Å². The Labute approximate surface area is 75.4 Å². The van der Waals surface area contributed by atoms with Crippen molar-refractivity contribution in [1.82, 2.24) is 15.0 Å². The molecule has 12 heavy (non-hydrogen) atoms. The average molecular weight is 188 g/mol. The maximum Gasteiger partial charge on any atom is 0.213 e. The molecule has 1 saturated carbocycles. The van der Waals surface area contributed by atoms with Gasteiger partial charge in [-0.2, -0.15) is 4.98 Å². The number of hydrogen-bond acceptors (Lipinski definition) is 4. The topological polar surface area (TPSA) is 51.0 Å². The van der Waals surface area contributed by atoms with Crippen molar-refractivity contribution in [3.8, 4) is 0 Å². The van der Waals surface area contributed by atoms with Crippen molar-refractivity contribution in [2.24, 2.45) is 5.92 Å². The predicted molar refractivity (Wildman–Crippen MR) is 43.4 cm³/mol. The lowest BCUT2D eigenvalue weighted by Crippen LogP contribution is -2.36. The van der Waals surface area contributed by atoms with E-state index in [0.29, 0.717) is 11.7 Å². The van der Waals surface area contributed by atoms with Crippen LogP contribution in [-0.4, -0.2) is 10.1 Å². The lowest BCUT2D eigenvalue weighted by atomic mass is 9.97. The molecule has 1 N–H and O–H groups in total. The van der Waals surface area contributed by atoms with Crippen molar-refractivity contribution in [3.05, 3.63) is 12.2 Å². The van der Waals surface area contributed by atoms with Crippen LogP contribution in [0.4, 0.5) is 0 Å². The second-order valence-corrected chi connectivity index (χ2v) is 3.51. The molecule has 0 amide bonds. The first-order valence-corrected chi connectivity index (χ1v) is 4.30. The van der Waals surface area contributed by atoms with Crippen LogP contribution in [0.3, 0.4) is 0 Å². The molecule has 1 aromatic heterocycles. The molecule has 1 fully saturated rings. The third-order valence-corrected chi connectivity index (χ3v) is 2.81. The highest BCUT2D eigenvalue weighted by Gasteiger charge is 2.45. The molecule has 0 radical (unpaired) electrons. The SMILES string of the molecule is CC(NCl)(c1ncon1)C1CC1. The summed E-state index contributed by atoms with van der Waals surface area (Å²) in [6, 6.07) is 0. The fraction of sp³-hybridized carbons (Fsp3) is 0.714. The van der Waals surface area contributed by atoms with Crippen molar-refractivity contribution in [1.29, 1.82) is 0 Å². The monoisotopic (exact) mass is 187 g/mol.